The second-order valence-corrected chi connectivity index (χ2v) is 6.17. The Labute approximate surface area is 124 Å². The van der Waals surface area contributed by atoms with Gasteiger partial charge in [0.25, 0.3) is 0 Å². The number of rotatable bonds is 10. The van der Waals surface area contributed by atoms with E-state index in [0.29, 0.717) is 5.92 Å². The molecule has 1 atom stereocenters. The van der Waals surface area contributed by atoms with Gasteiger partial charge in [-0.05, 0) is 57.6 Å². The Bertz CT molecular complexity index is 348. The van der Waals surface area contributed by atoms with Gasteiger partial charge < -0.3 is 10.1 Å². The molecule has 0 heterocycles. The zero-order valence-electron chi connectivity index (χ0n) is 13.6. The first kappa shape index (κ1) is 17.2. The predicted octanol–water partition coefficient (Wildman–Crippen LogP) is 4.37. The fourth-order valence-electron chi connectivity index (χ4n) is 2.44. The van der Waals surface area contributed by atoms with E-state index >= 15 is 0 Å². The molecule has 0 aliphatic rings. The Morgan fingerprint density at radius 2 is 1.90 bits per heavy atom. The molecule has 1 aromatic rings. The maximum absolute atomic E-state index is 5.51. The first-order chi connectivity index (χ1) is 9.59. The van der Waals surface area contributed by atoms with Gasteiger partial charge in [0.1, 0.15) is 0 Å². The van der Waals surface area contributed by atoms with Crippen molar-refractivity contribution in [2.45, 2.75) is 58.0 Å². The average Bonchev–Trinajstić information content (AvgIpc) is 2.47. The van der Waals surface area contributed by atoms with Crippen molar-refractivity contribution in [1.82, 2.24) is 5.32 Å². The summed E-state index contributed by atoms with van der Waals surface area (Å²) in [7, 11) is 1.80. The number of benzene rings is 1. The first-order valence-corrected chi connectivity index (χ1v) is 7.90. The van der Waals surface area contributed by atoms with Crippen LogP contribution in [0.4, 0.5) is 0 Å². The summed E-state index contributed by atoms with van der Waals surface area (Å²) in [5, 5.41) is 3.56. The van der Waals surface area contributed by atoms with Gasteiger partial charge in [-0.2, -0.15) is 0 Å². The summed E-state index contributed by atoms with van der Waals surface area (Å²) in [6, 6.07) is 10.9. The van der Waals surface area contributed by atoms with Gasteiger partial charge in [-0.15, -0.1) is 0 Å². The molecule has 0 aromatic heterocycles. The number of hydrogen-bond donors (Lipinski definition) is 1. The highest BCUT2D eigenvalue weighted by Gasteiger charge is 2.17. The molecule has 0 aliphatic heterocycles. The molecule has 114 valence electrons. The molecule has 1 aromatic carbocycles. The quantitative estimate of drug-likeness (QED) is 0.641. The monoisotopic (exact) mass is 277 g/mol. The molecule has 0 amide bonds. The van der Waals surface area contributed by atoms with E-state index in [9.17, 15) is 0 Å². The highest BCUT2D eigenvalue weighted by Crippen LogP contribution is 2.24. The van der Waals surface area contributed by atoms with Gasteiger partial charge in [0.2, 0.25) is 0 Å². The Kier molecular flexibility index (Phi) is 7.86. The summed E-state index contributed by atoms with van der Waals surface area (Å²) in [4.78, 5) is 0. The molecule has 2 nitrogen and oxygen atoms in total. The molecule has 0 fully saturated rings. The SMILES string of the molecule is CCCNCC(CCCC(C)(C)OC)c1ccccc1. The van der Waals surface area contributed by atoms with Crippen molar-refractivity contribution in [1.29, 1.82) is 0 Å². The van der Waals surface area contributed by atoms with E-state index in [0.717, 1.165) is 19.5 Å². The third-order valence-electron chi connectivity index (χ3n) is 3.97. The van der Waals surface area contributed by atoms with Crippen molar-refractivity contribution in [3.8, 4) is 0 Å². The molecule has 0 bridgehead atoms. The van der Waals surface area contributed by atoms with Gasteiger partial charge in [-0.3, -0.25) is 0 Å². The van der Waals surface area contributed by atoms with Gasteiger partial charge in [0.15, 0.2) is 0 Å². The maximum atomic E-state index is 5.51. The van der Waals surface area contributed by atoms with E-state index in [4.69, 9.17) is 4.74 Å². The van der Waals surface area contributed by atoms with Crippen LogP contribution in [-0.4, -0.2) is 25.8 Å². The molecule has 20 heavy (non-hydrogen) atoms. The molecule has 1 N–H and O–H groups in total. The Balaban J connectivity index is 2.50. The zero-order chi connectivity index (χ0) is 14.8. The zero-order valence-corrected chi connectivity index (χ0v) is 13.6. The third kappa shape index (κ3) is 6.53. The lowest BCUT2D eigenvalue weighted by Gasteiger charge is -2.24. The Morgan fingerprint density at radius 3 is 2.50 bits per heavy atom. The van der Waals surface area contributed by atoms with Crippen LogP contribution in [0.1, 0.15) is 57.9 Å². The van der Waals surface area contributed by atoms with E-state index in [1.54, 1.807) is 7.11 Å². The standard InChI is InChI=1S/C18H31NO/c1-5-14-19-15-17(16-10-7-6-8-11-16)12-9-13-18(2,3)20-4/h6-8,10-11,17,19H,5,9,12-15H2,1-4H3. The average molecular weight is 277 g/mol. The van der Waals surface area contributed by atoms with Crippen LogP contribution in [0.2, 0.25) is 0 Å². The van der Waals surface area contributed by atoms with Crippen molar-refractivity contribution >= 4 is 0 Å². The van der Waals surface area contributed by atoms with Crippen LogP contribution in [0, 0.1) is 0 Å². The van der Waals surface area contributed by atoms with Crippen LogP contribution in [0.5, 0.6) is 0 Å². The number of methoxy groups -OCH3 is 1. The smallest absolute Gasteiger partial charge is 0.0622 e. The summed E-state index contributed by atoms with van der Waals surface area (Å²) >= 11 is 0. The number of nitrogens with one attached hydrogen (secondary N) is 1. The lowest BCUT2D eigenvalue weighted by atomic mass is 9.90. The lowest BCUT2D eigenvalue weighted by molar-refractivity contribution is 0.0131. The summed E-state index contributed by atoms with van der Waals surface area (Å²) in [5.41, 5.74) is 1.45. The second kappa shape index (κ2) is 9.15. The van der Waals surface area contributed by atoms with Crippen LogP contribution < -0.4 is 5.32 Å². The Hall–Kier alpha value is -0.860. The van der Waals surface area contributed by atoms with Crippen LogP contribution in [0.15, 0.2) is 30.3 Å². The van der Waals surface area contributed by atoms with E-state index in [1.165, 1.54) is 24.8 Å². The fraction of sp³-hybridized carbons (Fsp3) is 0.667. The fourth-order valence-corrected chi connectivity index (χ4v) is 2.44. The topological polar surface area (TPSA) is 21.3 Å². The molecule has 1 unspecified atom stereocenters. The molecule has 1 rings (SSSR count). The normalized spacial score (nSPS) is 13.4. The number of hydrogen-bond acceptors (Lipinski definition) is 2. The molecule has 0 radical (unpaired) electrons. The van der Waals surface area contributed by atoms with E-state index < -0.39 is 0 Å². The van der Waals surface area contributed by atoms with Crippen molar-refractivity contribution < 1.29 is 4.74 Å². The maximum Gasteiger partial charge on any atom is 0.0622 e. The summed E-state index contributed by atoms with van der Waals surface area (Å²) < 4.78 is 5.51. The van der Waals surface area contributed by atoms with Crippen LogP contribution in [-0.2, 0) is 4.74 Å². The first-order valence-electron chi connectivity index (χ1n) is 7.90. The van der Waals surface area contributed by atoms with E-state index in [2.05, 4.69) is 56.4 Å². The van der Waals surface area contributed by atoms with Crippen LogP contribution in [0.25, 0.3) is 0 Å². The number of ether oxygens (including phenoxy) is 1. The van der Waals surface area contributed by atoms with Crippen LogP contribution in [0.3, 0.4) is 0 Å². The van der Waals surface area contributed by atoms with Gasteiger partial charge in [-0.25, -0.2) is 0 Å². The molecular formula is C18H31NO. The molecular weight excluding hydrogens is 246 g/mol. The highest BCUT2D eigenvalue weighted by molar-refractivity contribution is 5.19. The summed E-state index contributed by atoms with van der Waals surface area (Å²) in [6.07, 6.45) is 4.72. The molecule has 0 aliphatic carbocycles. The molecule has 2 heteroatoms. The largest absolute Gasteiger partial charge is 0.379 e. The van der Waals surface area contributed by atoms with Gasteiger partial charge in [0.05, 0.1) is 5.60 Å². The highest BCUT2D eigenvalue weighted by atomic mass is 16.5. The van der Waals surface area contributed by atoms with Crippen LogP contribution >= 0.6 is 0 Å². The predicted molar refractivity (Wildman–Crippen MR) is 87.3 cm³/mol. The minimum Gasteiger partial charge on any atom is -0.379 e. The minimum absolute atomic E-state index is 0.00190. The van der Waals surface area contributed by atoms with Gasteiger partial charge in [0, 0.05) is 13.7 Å². The van der Waals surface area contributed by atoms with E-state index in [-0.39, 0.29) is 5.60 Å². The minimum atomic E-state index is -0.00190. The lowest BCUT2D eigenvalue weighted by Crippen LogP contribution is -2.24. The summed E-state index contributed by atoms with van der Waals surface area (Å²) in [6.45, 7) is 8.73. The van der Waals surface area contributed by atoms with E-state index in [1.807, 2.05) is 0 Å². The van der Waals surface area contributed by atoms with Crippen molar-refractivity contribution in [3.05, 3.63) is 35.9 Å². The van der Waals surface area contributed by atoms with Gasteiger partial charge >= 0.3 is 0 Å². The molecule has 0 saturated heterocycles. The Morgan fingerprint density at radius 1 is 1.20 bits per heavy atom. The summed E-state index contributed by atoms with van der Waals surface area (Å²) in [5.74, 6) is 0.607. The van der Waals surface area contributed by atoms with Gasteiger partial charge in [-0.1, -0.05) is 37.3 Å². The van der Waals surface area contributed by atoms with Crippen molar-refractivity contribution in [3.63, 3.8) is 0 Å². The van der Waals surface area contributed by atoms with Crippen molar-refractivity contribution in [2.75, 3.05) is 20.2 Å². The molecule has 0 saturated carbocycles. The third-order valence-corrected chi connectivity index (χ3v) is 3.97. The molecule has 0 spiro atoms. The van der Waals surface area contributed by atoms with Crippen molar-refractivity contribution in [2.24, 2.45) is 0 Å². The second-order valence-electron chi connectivity index (χ2n) is 6.17.